The minimum absolute atomic E-state index is 0.0592. The van der Waals surface area contributed by atoms with Gasteiger partial charge in [-0.3, -0.25) is 0 Å². The van der Waals surface area contributed by atoms with Gasteiger partial charge in [-0.2, -0.15) is 0 Å². The maximum absolute atomic E-state index is 13.7. The highest BCUT2D eigenvalue weighted by Gasteiger charge is 2.42. The molecule has 5 heteroatoms. The van der Waals surface area contributed by atoms with Crippen molar-refractivity contribution in [1.82, 2.24) is 4.98 Å². The summed E-state index contributed by atoms with van der Waals surface area (Å²) in [5.41, 5.74) is 9.71. The van der Waals surface area contributed by atoms with E-state index in [1.165, 1.54) is 28.0 Å². The number of anilines is 1. The lowest BCUT2D eigenvalue weighted by Crippen LogP contribution is -2.44. The summed E-state index contributed by atoms with van der Waals surface area (Å²) in [5, 5.41) is 1.84. The molecule has 7 rings (SSSR count). The van der Waals surface area contributed by atoms with Crippen LogP contribution in [0, 0.1) is 6.92 Å². The average molecular weight is 523 g/mol. The van der Waals surface area contributed by atoms with E-state index >= 15 is 0 Å². The Labute approximate surface area is 228 Å². The van der Waals surface area contributed by atoms with Crippen LogP contribution in [0.15, 0.2) is 45.6 Å². The molecular formula is C33H34N2O2S. The summed E-state index contributed by atoms with van der Waals surface area (Å²) >= 11 is 1.62. The Morgan fingerprint density at radius 3 is 2.50 bits per heavy atom. The molecule has 3 aliphatic rings. The van der Waals surface area contributed by atoms with Gasteiger partial charge in [-0.25, -0.2) is 9.78 Å². The molecule has 2 aromatic carbocycles. The molecular weight excluding hydrogens is 488 g/mol. The molecule has 0 radical (unpaired) electrons. The molecule has 194 valence electrons. The normalized spacial score (nSPS) is 19.2. The van der Waals surface area contributed by atoms with Crippen molar-refractivity contribution >= 4 is 39.6 Å². The fourth-order valence-electron chi connectivity index (χ4n) is 6.74. The standard InChI is InChI=1S/C33H34N2O2S/c1-19-22-18-23-28-27(33(4,5)14-16-35(28)15-13-32(23,2)3)29(22)37-31(36)26(19)30-34-24-12-11-21(17-25(24)38-30)20-9-7-6-8-10-20/h6-10,17-18H,11-16H2,1-5H3. The van der Waals surface area contributed by atoms with Crippen molar-refractivity contribution in [3.63, 3.8) is 0 Å². The molecule has 0 saturated heterocycles. The SMILES string of the molecule is Cc1c(-c2nc3c(s2)C=C(c2ccccc2)CC3)c(=O)oc2c3c4c(cc12)C(C)(C)CCN4CCC3(C)C. The Balaban J connectivity index is 1.44. The van der Waals surface area contributed by atoms with E-state index in [4.69, 9.17) is 9.40 Å². The van der Waals surface area contributed by atoms with Gasteiger partial charge in [-0.1, -0.05) is 58.0 Å². The molecule has 0 N–H and O–H groups in total. The Bertz CT molecular complexity index is 1700. The van der Waals surface area contributed by atoms with E-state index < -0.39 is 0 Å². The minimum Gasteiger partial charge on any atom is -0.422 e. The van der Waals surface area contributed by atoms with Crippen molar-refractivity contribution in [1.29, 1.82) is 0 Å². The first-order chi connectivity index (χ1) is 18.1. The third kappa shape index (κ3) is 3.47. The number of hydrogen-bond acceptors (Lipinski definition) is 5. The van der Waals surface area contributed by atoms with Gasteiger partial charge in [0.05, 0.1) is 16.1 Å². The number of hydrogen-bond donors (Lipinski definition) is 0. The molecule has 0 amide bonds. The summed E-state index contributed by atoms with van der Waals surface area (Å²) in [6.07, 6.45) is 6.29. The summed E-state index contributed by atoms with van der Waals surface area (Å²) in [6.45, 7) is 13.5. The predicted molar refractivity (Wildman–Crippen MR) is 158 cm³/mol. The molecule has 1 aliphatic carbocycles. The number of rotatable bonds is 2. The second-order valence-electron chi connectivity index (χ2n) is 12.5. The molecule has 4 nitrogen and oxygen atoms in total. The highest BCUT2D eigenvalue weighted by Crippen LogP contribution is 2.52. The molecule has 0 saturated carbocycles. The number of nitrogens with zero attached hydrogens (tertiary/aromatic N) is 2. The van der Waals surface area contributed by atoms with Gasteiger partial charge in [-0.05, 0) is 77.8 Å². The van der Waals surface area contributed by atoms with Gasteiger partial charge >= 0.3 is 5.63 Å². The Morgan fingerprint density at radius 1 is 1.00 bits per heavy atom. The first kappa shape index (κ1) is 23.9. The lowest BCUT2D eigenvalue weighted by molar-refractivity contribution is 0.398. The van der Waals surface area contributed by atoms with E-state index in [-0.39, 0.29) is 16.5 Å². The van der Waals surface area contributed by atoms with Gasteiger partial charge in [0.15, 0.2) is 0 Å². The van der Waals surface area contributed by atoms with Gasteiger partial charge in [0, 0.05) is 29.7 Å². The minimum atomic E-state index is -0.271. The molecule has 0 unspecified atom stereocenters. The van der Waals surface area contributed by atoms with Crippen molar-refractivity contribution in [2.24, 2.45) is 0 Å². The van der Waals surface area contributed by atoms with Crippen LogP contribution in [0.4, 0.5) is 5.69 Å². The Kier molecular flexibility index (Phi) is 5.13. The first-order valence-electron chi connectivity index (χ1n) is 13.8. The van der Waals surface area contributed by atoms with E-state index in [9.17, 15) is 4.79 Å². The zero-order valence-electron chi connectivity index (χ0n) is 22.9. The third-order valence-electron chi connectivity index (χ3n) is 9.19. The highest BCUT2D eigenvalue weighted by molar-refractivity contribution is 7.16. The summed E-state index contributed by atoms with van der Waals surface area (Å²) < 4.78 is 6.29. The van der Waals surface area contributed by atoms with Gasteiger partial charge in [-0.15, -0.1) is 11.3 Å². The van der Waals surface area contributed by atoms with Crippen LogP contribution in [0.3, 0.4) is 0 Å². The lowest BCUT2D eigenvalue weighted by Gasteiger charge is -2.48. The molecule has 0 atom stereocenters. The van der Waals surface area contributed by atoms with E-state index in [1.54, 1.807) is 11.3 Å². The molecule has 4 aromatic rings. The molecule has 0 bridgehead atoms. The lowest BCUT2D eigenvalue weighted by atomic mass is 9.69. The first-order valence-corrected chi connectivity index (χ1v) is 14.6. The van der Waals surface area contributed by atoms with E-state index in [0.717, 1.165) is 70.9 Å². The number of aromatic nitrogens is 1. The predicted octanol–water partition coefficient (Wildman–Crippen LogP) is 7.88. The van der Waals surface area contributed by atoms with Crippen LogP contribution in [0.2, 0.25) is 0 Å². The molecule has 2 aromatic heterocycles. The van der Waals surface area contributed by atoms with Crippen LogP contribution >= 0.6 is 11.3 Å². The maximum atomic E-state index is 13.7. The molecule has 4 heterocycles. The molecule has 2 aliphatic heterocycles. The van der Waals surface area contributed by atoms with Crippen molar-refractivity contribution in [3.05, 3.63) is 79.6 Å². The average Bonchev–Trinajstić information content (AvgIpc) is 3.30. The van der Waals surface area contributed by atoms with Crippen molar-refractivity contribution in [2.75, 3.05) is 18.0 Å². The second-order valence-corrected chi connectivity index (χ2v) is 13.6. The topological polar surface area (TPSA) is 46.3 Å². The Morgan fingerprint density at radius 2 is 1.74 bits per heavy atom. The zero-order valence-corrected chi connectivity index (χ0v) is 23.7. The summed E-state index contributed by atoms with van der Waals surface area (Å²) in [4.78, 5) is 22.4. The van der Waals surface area contributed by atoms with E-state index in [1.807, 2.05) is 0 Å². The third-order valence-corrected chi connectivity index (χ3v) is 10.3. The van der Waals surface area contributed by atoms with E-state index in [2.05, 4.69) is 82.0 Å². The summed E-state index contributed by atoms with van der Waals surface area (Å²) in [5.74, 6) is 0. The maximum Gasteiger partial charge on any atom is 0.346 e. The molecule has 38 heavy (non-hydrogen) atoms. The van der Waals surface area contributed by atoms with Crippen LogP contribution in [0.5, 0.6) is 0 Å². The number of aryl methyl sites for hydroxylation is 2. The van der Waals surface area contributed by atoms with Gasteiger partial charge in [0.25, 0.3) is 0 Å². The van der Waals surface area contributed by atoms with Crippen molar-refractivity contribution in [2.45, 2.75) is 71.1 Å². The second kappa shape index (κ2) is 8.16. The number of fused-ring (bicyclic) bond motifs is 3. The van der Waals surface area contributed by atoms with Crippen molar-refractivity contribution in [3.8, 4) is 10.6 Å². The van der Waals surface area contributed by atoms with Crippen molar-refractivity contribution < 1.29 is 4.42 Å². The quantitative estimate of drug-likeness (QED) is 0.251. The van der Waals surface area contributed by atoms with Crippen LogP contribution in [0.1, 0.15) is 79.8 Å². The summed E-state index contributed by atoms with van der Waals surface area (Å²) in [7, 11) is 0. The largest absolute Gasteiger partial charge is 0.422 e. The summed E-state index contributed by atoms with van der Waals surface area (Å²) in [6, 6.07) is 12.9. The van der Waals surface area contributed by atoms with Crippen LogP contribution in [0.25, 0.3) is 33.2 Å². The number of benzene rings is 2. The van der Waals surface area contributed by atoms with Gasteiger partial charge in [0.2, 0.25) is 0 Å². The fourth-order valence-corrected chi connectivity index (χ4v) is 7.91. The Hall–Kier alpha value is -3.18. The van der Waals surface area contributed by atoms with E-state index in [0.29, 0.717) is 5.56 Å². The number of thiazole rings is 1. The monoisotopic (exact) mass is 522 g/mol. The van der Waals surface area contributed by atoms with Gasteiger partial charge in [0.1, 0.15) is 10.6 Å². The van der Waals surface area contributed by atoms with Crippen LogP contribution in [-0.4, -0.2) is 18.1 Å². The highest BCUT2D eigenvalue weighted by atomic mass is 32.1. The fraction of sp³-hybridized carbons (Fsp3) is 0.394. The zero-order chi connectivity index (χ0) is 26.4. The van der Waals surface area contributed by atoms with Crippen LogP contribution < -0.4 is 10.5 Å². The smallest absolute Gasteiger partial charge is 0.346 e. The van der Waals surface area contributed by atoms with Gasteiger partial charge < -0.3 is 9.32 Å². The number of allylic oxidation sites excluding steroid dienone is 1. The van der Waals surface area contributed by atoms with Crippen LogP contribution in [-0.2, 0) is 17.3 Å². The molecule has 0 spiro atoms. The molecule has 0 fully saturated rings.